The minimum Gasteiger partial charge on any atom is -0.396 e. The fraction of sp³-hybridized carbons (Fsp3) is 0.375. The van der Waals surface area contributed by atoms with Crippen LogP contribution in [0.25, 0.3) is 0 Å². The van der Waals surface area contributed by atoms with Crippen LogP contribution in [0.15, 0.2) is 12.1 Å². The zero-order valence-corrected chi connectivity index (χ0v) is 8.04. The molecule has 0 saturated heterocycles. The zero-order valence-electron chi connectivity index (χ0n) is 7.29. The first-order chi connectivity index (χ1) is 6.13. The molecule has 0 aliphatic rings. The lowest BCUT2D eigenvalue weighted by Crippen LogP contribution is -2.20. The number of rotatable bonds is 3. The van der Waals surface area contributed by atoms with Crippen LogP contribution in [0.4, 0.5) is 11.5 Å². The molecule has 72 valence electrons. The van der Waals surface area contributed by atoms with Crippen molar-refractivity contribution >= 4 is 23.1 Å². The molecule has 1 atom stereocenters. The summed E-state index contributed by atoms with van der Waals surface area (Å²) in [4.78, 5) is 3.98. The van der Waals surface area contributed by atoms with Gasteiger partial charge in [-0.05, 0) is 19.1 Å². The Hall–Kier alpha value is -1.00. The first kappa shape index (κ1) is 10.1. The van der Waals surface area contributed by atoms with Gasteiger partial charge in [0.05, 0.1) is 12.3 Å². The third-order valence-corrected chi connectivity index (χ3v) is 1.76. The lowest BCUT2D eigenvalue weighted by Gasteiger charge is -2.13. The van der Waals surface area contributed by atoms with Crippen molar-refractivity contribution in [2.75, 3.05) is 17.7 Å². The molecule has 0 radical (unpaired) electrons. The number of nitrogens with zero attached hydrogens (tertiary/aromatic N) is 1. The van der Waals surface area contributed by atoms with E-state index >= 15 is 0 Å². The predicted octanol–water partition coefficient (Wildman–Crippen LogP) is 1.11. The van der Waals surface area contributed by atoms with Crippen molar-refractivity contribution in [3.63, 3.8) is 0 Å². The summed E-state index contributed by atoms with van der Waals surface area (Å²) in [6.07, 6.45) is 0. The molecule has 0 spiro atoms. The Kier molecular flexibility index (Phi) is 3.33. The molecule has 1 rings (SSSR count). The Morgan fingerprint density at radius 1 is 1.69 bits per heavy atom. The normalized spacial score (nSPS) is 12.5. The van der Waals surface area contributed by atoms with Crippen LogP contribution in [-0.2, 0) is 0 Å². The van der Waals surface area contributed by atoms with Gasteiger partial charge in [-0.1, -0.05) is 11.6 Å². The highest BCUT2D eigenvalue weighted by atomic mass is 35.5. The number of aromatic nitrogens is 1. The highest BCUT2D eigenvalue weighted by molar-refractivity contribution is 6.29. The molecule has 0 aliphatic heterocycles. The summed E-state index contributed by atoms with van der Waals surface area (Å²) in [6.45, 7) is 1.84. The van der Waals surface area contributed by atoms with Crippen molar-refractivity contribution in [1.29, 1.82) is 0 Å². The highest BCUT2D eigenvalue weighted by Gasteiger charge is 2.05. The van der Waals surface area contributed by atoms with Gasteiger partial charge in [-0.25, -0.2) is 4.98 Å². The molecule has 5 heteroatoms. The molecular formula is C8H12ClN3O. The molecule has 1 unspecified atom stereocenters. The van der Waals surface area contributed by atoms with Crippen LogP contribution >= 0.6 is 11.6 Å². The second-order valence-corrected chi connectivity index (χ2v) is 3.19. The van der Waals surface area contributed by atoms with Crippen LogP contribution in [0.5, 0.6) is 0 Å². The summed E-state index contributed by atoms with van der Waals surface area (Å²) in [7, 11) is 0. The van der Waals surface area contributed by atoms with Gasteiger partial charge in [-0.3, -0.25) is 0 Å². The Morgan fingerprint density at radius 3 is 3.00 bits per heavy atom. The SMILES string of the molecule is CC(CO)Nc1nc(Cl)ccc1N. The minimum absolute atomic E-state index is 0.0215. The van der Waals surface area contributed by atoms with Crippen molar-refractivity contribution in [1.82, 2.24) is 4.98 Å². The number of pyridine rings is 1. The summed E-state index contributed by atoms with van der Waals surface area (Å²) in [6, 6.07) is 3.20. The second kappa shape index (κ2) is 4.30. The van der Waals surface area contributed by atoms with Crippen LogP contribution in [0.2, 0.25) is 5.15 Å². The van der Waals surface area contributed by atoms with Gasteiger partial charge in [0.15, 0.2) is 5.82 Å². The van der Waals surface area contributed by atoms with Crippen molar-refractivity contribution in [2.45, 2.75) is 13.0 Å². The van der Waals surface area contributed by atoms with Gasteiger partial charge in [0.2, 0.25) is 0 Å². The van der Waals surface area contributed by atoms with E-state index in [9.17, 15) is 0 Å². The van der Waals surface area contributed by atoms with Crippen LogP contribution in [0.1, 0.15) is 6.92 Å². The minimum atomic E-state index is -0.0896. The van der Waals surface area contributed by atoms with E-state index in [1.165, 1.54) is 0 Å². The largest absolute Gasteiger partial charge is 0.396 e. The van der Waals surface area contributed by atoms with E-state index < -0.39 is 0 Å². The van der Waals surface area contributed by atoms with Crippen LogP contribution in [0, 0.1) is 0 Å². The molecular weight excluding hydrogens is 190 g/mol. The molecule has 1 aromatic rings. The standard InChI is InChI=1S/C8H12ClN3O/c1-5(4-13)11-8-6(10)2-3-7(9)12-8/h2-3,5,13H,4,10H2,1H3,(H,11,12). The molecule has 0 amide bonds. The van der Waals surface area contributed by atoms with Gasteiger partial charge in [-0.15, -0.1) is 0 Å². The van der Waals surface area contributed by atoms with Gasteiger partial charge in [0.25, 0.3) is 0 Å². The Morgan fingerprint density at radius 2 is 2.38 bits per heavy atom. The highest BCUT2D eigenvalue weighted by Crippen LogP contribution is 2.18. The first-order valence-electron chi connectivity index (χ1n) is 3.93. The Bertz CT molecular complexity index is 293. The van der Waals surface area contributed by atoms with Crippen LogP contribution in [-0.4, -0.2) is 22.7 Å². The molecule has 4 N–H and O–H groups in total. The molecule has 4 nitrogen and oxygen atoms in total. The number of hydrogen-bond donors (Lipinski definition) is 3. The third kappa shape index (κ3) is 2.75. The first-order valence-corrected chi connectivity index (χ1v) is 4.30. The number of aliphatic hydroxyl groups is 1. The number of halogens is 1. The number of anilines is 2. The van der Waals surface area contributed by atoms with Crippen LogP contribution in [0.3, 0.4) is 0 Å². The van der Waals surface area contributed by atoms with Gasteiger partial charge in [0.1, 0.15) is 5.15 Å². The van der Waals surface area contributed by atoms with Crippen molar-refractivity contribution in [3.05, 3.63) is 17.3 Å². The van der Waals surface area contributed by atoms with E-state index in [0.29, 0.717) is 16.7 Å². The second-order valence-electron chi connectivity index (χ2n) is 2.80. The quantitative estimate of drug-likeness (QED) is 0.641. The molecule has 0 bridgehead atoms. The third-order valence-electron chi connectivity index (χ3n) is 1.55. The molecule has 13 heavy (non-hydrogen) atoms. The molecule has 1 aromatic heterocycles. The van der Waals surface area contributed by atoms with Crippen molar-refractivity contribution in [3.8, 4) is 0 Å². The topological polar surface area (TPSA) is 71.2 Å². The lowest BCUT2D eigenvalue weighted by atomic mass is 10.3. The smallest absolute Gasteiger partial charge is 0.151 e. The van der Waals surface area contributed by atoms with E-state index in [-0.39, 0.29) is 12.6 Å². The fourth-order valence-electron chi connectivity index (χ4n) is 0.841. The summed E-state index contributed by atoms with van der Waals surface area (Å²) in [5.41, 5.74) is 6.15. The van der Waals surface area contributed by atoms with Crippen molar-refractivity contribution in [2.24, 2.45) is 0 Å². The Balaban J connectivity index is 2.81. The maximum atomic E-state index is 8.79. The fourth-order valence-corrected chi connectivity index (χ4v) is 0.988. The number of nitrogens with two attached hydrogens (primary N) is 1. The van der Waals surface area contributed by atoms with Crippen LogP contribution < -0.4 is 11.1 Å². The van der Waals surface area contributed by atoms with E-state index in [0.717, 1.165) is 0 Å². The molecule has 0 saturated carbocycles. The van der Waals surface area contributed by atoms with Gasteiger partial charge >= 0.3 is 0 Å². The van der Waals surface area contributed by atoms with E-state index in [1.807, 2.05) is 6.92 Å². The van der Waals surface area contributed by atoms with E-state index in [2.05, 4.69) is 10.3 Å². The lowest BCUT2D eigenvalue weighted by molar-refractivity contribution is 0.281. The number of nitrogens with one attached hydrogen (secondary N) is 1. The van der Waals surface area contributed by atoms with Gasteiger partial charge in [0, 0.05) is 6.04 Å². The molecule has 1 heterocycles. The maximum absolute atomic E-state index is 8.79. The molecule has 0 fully saturated rings. The summed E-state index contributed by atoms with van der Waals surface area (Å²) < 4.78 is 0. The molecule has 0 aromatic carbocycles. The average molecular weight is 202 g/mol. The van der Waals surface area contributed by atoms with E-state index in [1.54, 1.807) is 12.1 Å². The van der Waals surface area contributed by atoms with Gasteiger partial charge < -0.3 is 16.2 Å². The summed E-state index contributed by atoms with van der Waals surface area (Å²) in [5.74, 6) is 0.508. The van der Waals surface area contributed by atoms with Gasteiger partial charge in [-0.2, -0.15) is 0 Å². The predicted molar refractivity (Wildman–Crippen MR) is 53.8 cm³/mol. The summed E-state index contributed by atoms with van der Waals surface area (Å²) in [5, 5.41) is 12.1. The van der Waals surface area contributed by atoms with Crippen molar-refractivity contribution < 1.29 is 5.11 Å². The number of nitrogen functional groups attached to an aromatic ring is 1. The number of aliphatic hydroxyl groups excluding tert-OH is 1. The zero-order chi connectivity index (χ0) is 9.84. The monoisotopic (exact) mass is 201 g/mol. The Labute approximate surface area is 81.7 Å². The summed E-state index contributed by atoms with van der Waals surface area (Å²) >= 11 is 5.67. The van der Waals surface area contributed by atoms with E-state index in [4.69, 9.17) is 22.4 Å². The maximum Gasteiger partial charge on any atom is 0.151 e. The molecule has 0 aliphatic carbocycles. The average Bonchev–Trinajstić information content (AvgIpc) is 2.11. The number of hydrogen-bond acceptors (Lipinski definition) is 4.